The maximum Gasteiger partial charge on any atom is 0.272 e. The Bertz CT molecular complexity index is 689. The average molecular weight is 298 g/mol. The van der Waals surface area contributed by atoms with Crippen molar-refractivity contribution >= 4 is 5.91 Å². The zero-order chi connectivity index (χ0) is 15.5. The number of morpholine rings is 1. The predicted octanol–water partition coefficient (Wildman–Crippen LogP) is 1.70. The first-order valence-electron chi connectivity index (χ1n) is 7.27. The molecule has 0 aromatic carbocycles. The third kappa shape index (κ3) is 2.96. The first-order valence-corrected chi connectivity index (χ1v) is 7.27. The largest absolute Gasteiger partial charge is 0.367 e. The first-order chi connectivity index (χ1) is 10.6. The molecule has 1 unspecified atom stereocenters. The molecule has 0 spiro atoms. The molecule has 1 atom stereocenters. The number of aromatic nitrogens is 3. The van der Waals surface area contributed by atoms with Crippen molar-refractivity contribution in [3.63, 3.8) is 0 Å². The molecule has 114 valence electrons. The molecule has 0 aliphatic carbocycles. The number of amides is 1. The SMILES string of the molecule is Cc1ccnc(C2CN(C(=O)c3ncccc3C)CCO2)n1. The first kappa shape index (κ1) is 14.6. The summed E-state index contributed by atoms with van der Waals surface area (Å²) in [6.45, 7) is 5.27. The van der Waals surface area contributed by atoms with E-state index in [1.165, 1.54) is 0 Å². The van der Waals surface area contributed by atoms with Crippen LogP contribution in [-0.4, -0.2) is 45.5 Å². The standard InChI is InChI=1S/C16H18N4O2/c1-11-4-3-6-17-14(11)16(21)20-8-9-22-13(10-20)15-18-7-5-12(2)19-15/h3-7,13H,8-10H2,1-2H3. The van der Waals surface area contributed by atoms with E-state index in [1.807, 2.05) is 32.0 Å². The Morgan fingerprint density at radius 3 is 2.91 bits per heavy atom. The Kier molecular flexibility index (Phi) is 4.11. The highest BCUT2D eigenvalue weighted by Gasteiger charge is 2.28. The maximum absolute atomic E-state index is 12.6. The molecule has 1 fully saturated rings. The van der Waals surface area contributed by atoms with Gasteiger partial charge in [-0.3, -0.25) is 9.78 Å². The van der Waals surface area contributed by atoms with Gasteiger partial charge in [0.2, 0.25) is 0 Å². The molecule has 2 aromatic rings. The van der Waals surface area contributed by atoms with E-state index >= 15 is 0 Å². The van der Waals surface area contributed by atoms with E-state index in [0.29, 0.717) is 31.2 Å². The molecule has 1 aliphatic rings. The second kappa shape index (κ2) is 6.19. The lowest BCUT2D eigenvalue weighted by Crippen LogP contribution is -2.43. The number of carbonyl (C=O) groups excluding carboxylic acids is 1. The van der Waals surface area contributed by atoms with Gasteiger partial charge in [0.15, 0.2) is 5.82 Å². The molecule has 2 aromatic heterocycles. The van der Waals surface area contributed by atoms with Crippen LogP contribution in [0.5, 0.6) is 0 Å². The van der Waals surface area contributed by atoms with E-state index in [9.17, 15) is 4.79 Å². The van der Waals surface area contributed by atoms with Crippen LogP contribution in [0.4, 0.5) is 0 Å². The molecule has 6 heteroatoms. The third-order valence-corrected chi connectivity index (χ3v) is 3.67. The summed E-state index contributed by atoms with van der Waals surface area (Å²) in [7, 11) is 0. The summed E-state index contributed by atoms with van der Waals surface area (Å²) < 4.78 is 5.73. The molecule has 6 nitrogen and oxygen atoms in total. The monoisotopic (exact) mass is 298 g/mol. The van der Waals surface area contributed by atoms with Gasteiger partial charge < -0.3 is 9.64 Å². The van der Waals surface area contributed by atoms with Gasteiger partial charge in [-0.25, -0.2) is 9.97 Å². The number of pyridine rings is 1. The number of carbonyl (C=O) groups is 1. The van der Waals surface area contributed by atoms with E-state index in [-0.39, 0.29) is 12.0 Å². The molecule has 0 N–H and O–H groups in total. The van der Waals surface area contributed by atoms with E-state index in [4.69, 9.17) is 4.74 Å². The van der Waals surface area contributed by atoms with Gasteiger partial charge in [0.05, 0.1) is 13.2 Å². The van der Waals surface area contributed by atoms with Gasteiger partial charge in [0, 0.05) is 24.6 Å². The van der Waals surface area contributed by atoms with Crippen LogP contribution in [0.3, 0.4) is 0 Å². The minimum atomic E-state index is -0.290. The molecular formula is C16H18N4O2. The summed E-state index contributed by atoms with van der Waals surface area (Å²) in [5.41, 5.74) is 2.26. The molecule has 22 heavy (non-hydrogen) atoms. The average Bonchev–Trinajstić information content (AvgIpc) is 2.55. The number of hydrogen-bond acceptors (Lipinski definition) is 5. The molecule has 0 radical (unpaired) electrons. The van der Waals surface area contributed by atoms with Crippen molar-refractivity contribution in [3.05, 3.63) is 53.4 Å². The summed E-state index contributed by atoms with van der Waals surface area (Å²) in [5, 5.41) is 0. The molecule has 3 heterocycles. The van der Waals surface area contributed by atoms with Gasteiger partial charge in [-0.15, -0.1) is 0 Å². The summed E-state index contributed by atoms with van der Waals surface area (Å²) in [4.78, 5) is 27.2. The van der Waals surface area contributed by atoms with Crippen LogP contribution in [-0.2, 0) is 4.74 Å². The topological polar surface area (TPSA) is 68.2 Å². The van der Waals surface area contributed by atoms with Gasteiger partial charge in [-0.2, -0.15) is 0 Å². The number of hydrogen-bond donors (Lipinski definition) is 0. The second-order valence-electron chi connectivity index (χ2n) is 5.34. The Balaban J connectivity index is 1.78. The van der Waals surface area contributed by atoms with E-state index < -0.39 is 0 Å². The van der Waals surface area contributed by atoms with Crippen molar-refractivity contribution in [1.29, 1.82) is 0 Å². The second-order valence-corrected chi connectivity index (χ2v) is 5.34. The van der Waals surface area contributed by atoms with Gasteiger partial charge in [0.25, 0.3) is 5.91 Å². The van der Waals surface area contributed by atoms with Crippen LogP contribution in [0.25, 0.3) is 0 Å². The smallest absolute Gasteiger partial charge is 0.272 e. The third-order valence-electron chi connectivity index (χ3n) is 3.67. The Labute approximate surface area is 129 Å². The van der Waals surface area contributed by atoms with Gasteiger partial charge in [-0.05, 0) is 31.5 Å². The van der Waals surface area contributed by atoms with Crippen molar-refractivity contribution < 1.29 is 9.53 Å². The Morgan fingerprint density at radius 2 is 2.14 bits per heavy atom. The van der Waals surface area contributed by atoms with Gasteiger partial charge in [0.1, 0.15) is 11.8 Å². The zero-order valence-corrected chi connectivity index (χ0v) is 12.7. The Hall–Kier alpha value is -2.34. The molecule has 1 saturated heterocycles. The van der Waals surface area contributed by atoms with Crippen LogP contribution in [0.15, 0.2) is 30.6 Å². The zero-order valence-electron chi connectivity index (χ0n) is 12.7. The molecule has 0 saturated carbocycles. The number of ether oxygens (including phenoxy) is 1. The van der Waals surface area contributed by atoms with Crippen LogP contribution in [0.1, 0.15) is 33.7 Å². The summed E-state index contributed by atoms with van der Waals surface area (Å²) >= 11 is 0. The minimum Gasteiger partial charge on any atom is -0.367 e. The van der Waals surface area contributed by atoms with Crippen LogP contribution in [0.2, 0.25) is 0 Å². The lowest BCUT2D eigenvalue weighted by molar-refractivity contribution is -0.0270. The summed E-state index contributed by atoms with van der Waals surface area (Å²) in [6, 6.07) is 5.56. The number of rotatable bonds is 2. The molecule has 3 rings (SSSR count). The molecule has 0 bridgehead atoms. The van der Waals surface area contributed by atoms with E-state index in [1.54, 1.807) is 17.3 Å². The van der Waals surface area contributed by atoms with Crippen molar-refractivity contribution in [1.82, 2.24) is 19.9 Å². The molecular weight excluding hydrogens is 280 g/mol. The van der Waals surface area contributed by atoms with Crippen LogP contribution < -0.4 is 0 Å². The summed E-state index contributed by atoms with van der Waals surface area (Å²) in [6.07, 6.45) is 3.06. The summed E-state index contributed by atoms with van der Waals surface area (Å²) in [5.74, 6) is 0.550. The van der Waals surface area contributed by atoms with Gasteiger partial charge >= 0.3 is 0 Å². The fourth-order valence-corrected chi connectivity index (χ4v) is 2.47. The number of nitrogens with zero attached hydrogens (tertiary/aromatic N) is 4. The lowest BCUT2D eigenvalue weighted by atomic mass is 10.1. The molecule has 1 amide bonds. The van der Waals surface area contributed by atoms with Crippen LogP contribution in [0, 0.1) is 13.8 Å². The highest BCUT2D eigenvalue weighted by molar-refractivity contribution is 5.93. The fourth-order valence-electron chi connectivity index (χ4n) is 2.47. The van der Waals surface area contributed by atoms with Crippen molar-refractivity contribution in [3.8, 4) is 0 Å². The lowest BCUT2D eigenvalue weighted by Gasteiger charge is -2.32. The van der Waals surface area contributed by atoms with Crippen LogP contribution >= 0.6 is 0 Å². The Morgan fingerprint density at radius 1 is 1.27 bits per heavy atom. The highest BCUT2D eigenvalue weighted by atomic mass is 16.5. The van der Waals surface area contributed by atoms with E-state index in [2.05, 4.69) is 15.0 Å². The predicted molar refractivity (Wildman–Crippen MR) is 80.3 cm³/mol. The highest BCUT2D eigenvalue weighted by Crippen LogP contribution is 2.20. The maximum atomic E-state index is 12.6. The van der Waals surface area contributed by atoms with Gasteiger partial charge in [-0.1, -0.05) is 6.07 Å². The van der Waals surface area contributed by atoms with Crippen molar-refractivity contribution in [2.24, 2.45) is 0 Å². The normalized spacial score (nSPS) is 18.3. The number of aryl methyl sites for hydroxylation is 2. The molecule has 1 aliphatic heterocycles. The quantitative estimate of drug-likeness (QED) is 0.844. The van der Waals surface area contributed by atoms with Crippen molar-refractivity contribution in [2.45, 2.75) is 20.0 Å². The fraction of sp³-hybridized carbons (Fsp3) is 0.375. The van der Waals surface area contributed by atoms with Crippen molar-refractivity contribution in [2.75, 3.05) is 19.7 Å². The minimum absolute atomic E-state index is 0.0703. The van der Waals surface area contributed by atoms with E-state index in [0.717, 1.165) is 11.3 Å².